The van der Waals surface area contributed by atoms with Crippen molar-refractivity contribution in [2.45, 2.75) is 46.5 Å². The Balaban J connectivity index is 1.68. The number of piperidine rings is 1. The van der Waals surface area contributed by atoms with E-state index in [-0.39, 0.29) is 35.5 Å². The second kappa shape index (κ2) is 5.72. The lowest BCUT2D eigenvalue weighted by Gasteiger charge is -2.47. The summed E-state index contributed by atoms with van der Waals surface area (Å²) in [6.45, 7) is 5.87. The first-order valence-corrected chi connectivity index (χ1v) is 8.49. The number of aryl methyl sites for hydroxylation is 1. The Morgan fingerprint density at radius 3 is 2.54 bits per heavy atom. The quantitative estimate of drug-likeness (QED) is 0.864. The van der Waals surface area contributed by atoms with Gasteiger partial charge in [0, 0.05) is 12.3 Å². The number of hydrazine groups is 1. The number of nitrogens with zero attached hydrogens (tertiary/aromatic N) is 1. The zero-order chi connectivity index (χ0) is 17.5. The van der Waals surface area contributed by atoms with E-state index in [1.165, 1.54) is 0 Å². The zero-order valence-corrected chi connectivity index (χ0v) is 14.5. The number of rotatable bonds is 4. The van der Waals surface area contributed by atoms with E-state index in [9.17, 15) is 14.4 Å². The van der Waals surface area contributed by atoms with Gasteiger partial charge in [0.2, 0.25) is 5.91 Å². The molecule has 5 heteroatoms. The second-order valence-corrected chi connectivity index (χ2v) is 7.64. The fourth-order valence-electron chi connectivity index (χ4n) is 4.01. The molecule has 1 aliphatic carbocycles. The monoisotopic (exact) mass is 328 g/mol. The summed E-state index contributed by atoms with van der Waals surface area (Å²) in [5.74, 6) is -1.06. The molecule has 1 aromatic rings. The molecule has 0 aromatic heterocycles. The van der Waals surface area contributed by atoms with Crippen molar-refractivity contribution in [2.75, 3.05) is 0 Å². The van der Waals surface area contributed by atoms with E-state index in [0.717, 1.165) is 10.6 Å². The Labute approximate surface area is 142 Å². The number of imide groups is 1. The first-order valence-electron chi connectivity index (χ1n) is 8.49. The van der Waals surface area contributed by atoms with Gasteiger partial charge in [-0.15, -0.1) is 0 Å². The van der Waals surface area contributed by atoms with E-state index < -0.39 is 5.41 Å². The molecule has 0 unspecified atom stereocenters. The average molecular weight is 328 g/mol. The van der Waals surface area contributed by atoms with Crippen molar-refractivity contribution in [1.29, 1.82) is 0 Å². The Morgan fingerprint density at radius 2 is 1.88 bits per heavy atom. The van der Waals surface area contributed by atoms with Crippen LogP contribution < -0.4 is 5.43 Å². The van der Waals surface area contributed by atoms with Gasteiger partial charge in [0.25, 0.3) is 11.8 Å². The number of amides is 3. The van der Waals surface area contributed by atoms with Gasteiger partial charge in [-0.2, -0.15) is 5.01 Å². The number of carbonyl (C=O) groups excluding carboxylic acids is 3. The van der Waals surface area contributed by atoms with Gasteiger partial charge in [0.1, 0.15) is 0 Å². The summed E-state index contributed by atoms with van der Waals surface area (Å²) in [7, 11) is 0. The highest BCUT2D eigenvalue weighted by atomic mass is 16.2. The summed E-state index contributed by atoms with van der Waals surface area (Å²) >= 11 is 0. The number of nitrogens with one attached hydrogen (secondary N) is 1. The van der Waals surface area contributed by atoms with E-state index in [1.54, 1.807) is 0 Å². The second-order valence-electron chi connectivity index (χ2n) is 7.64. The van der Waals surface area contributed by atoms with Crippen molar-refractivity contribution in [2.24, 2.45) is 16.7 Å². The molecule has 0 spiro atoms. The number of carbonyl (C=O) groups is 3. The van der Waals surface area contributed by atoms with Gasteiger partial charge in [0.05, 0.1) is 5.41 Å². The van der Waals surface area contributed by atoms with Gasteiger partial charge in [-0.25, -0.2) is 0 Å². The topological polar surface area (TPSA) is 66.5 Å². The van der Waals surface area contributed by atoms with Gasteiger partial charge in [-0.05, 0) is 30.2 Å². The summed E-state index contributed by atoms with van der Waals surface area (Å²) < 4.78 is 0. The van der Waals surface area contributed by atoms with Crippen LogP contribution in [0, 0.1) is 16.7 Å². The Kier molecular flexibility index (Phi) is 3.98. The summed E-state index contributed by atoms with van der Waals surface area (Å²) in [6, 6.07) is 9.67. The molecule has 24 heavy (non-hydrogen) atoms. The molecule has 1 N–H and O–H groups in total. The fraction of sp³-hybridized carbons (Fsp3) is 0.526. The highest BCUT2D eigenvalue weighted by Gasteiger charge is 2.64. The van der Waals surface area contributed by atoms with Crippen LogP contribution in [0.15, 0.2) is 30.3 Å². The number of benzene rings is 1. The normalized spacial score (nSPS) is 28.1. The first kappa shape index (κ1) is 16.7. The largest absolute Gasteiger partial charge is 0.273 e. The molecule has 5 nitrogen and oxygen atoms in total. The van der Waals surface area contributed by atoms with Crippen LogP contribution in [0.1, 0.15) is 45.6 Å². The maximum Gasteiger partial charge on any atom is 0.254 e. The lowest BCUT2D eigenvalue weighted by Crippen LogP contribution is -2.64. The van der Waals surface area contributed by atoms with E-state index in [1.807, 2.05) is 51.1 Å². The smallest absolute Gasteiger partial charge is 0.254 e. The minimum atomic E-state index is -0.599. The average Bonchev–Trinajstić information content (AvgIpc) is 2.75. The fourth-order valence-corrected chi connectivity index (χ4v) is 4.01. The van der Waals surface area contributed by atoms with Gasteiger partial charge >= 0.3 is 0 Å². The van der Waals surface area contributed by atoms with E-state index in [2.05, 4.69) is 5.43 Å². The van der Waals surface area contributed by atoms with Crippen LogP contribution in [-0.2, 0) is 20.8 Å². The SMILES string of the molecule is CC1(C)[C@@H]2CC[C@@]1(C)C(=O)N(NC(=O)CCc1ccccc1)C2=O. The number of hydrogen-bond acceptors (Lipinski definition) is 3. The molecule has 128 valence electrons. The molecule has 2 aliphatic rings. The molecule has 1 aliphatic heterocycles. The predicted molar refractivity (Wildman–Crippen MR) is 89.4 cm³/mol. The van der Waals surface area contributed by atoms with Gasteiger partial charge in [-0.1, -0.05) is 51.1 Å². The van der Waals surface area contributed by atoms with Gasteiger partial charge in [0.15, 0.2) is 0 Å². The van der Waals surface area contributed by atoms with Crippen LogP contribution in [0.25, 0.3) is 0 Å². The molecule has 1 heterocycles. The van der Waals surface area contributed by atoms with Gasteiger partial charge < -0.3 is 0 Å². The van der Waals surface area contributed by atoms with Crippen LogP contribution in [0.3, 0.4) is 0 Å². The molecule has 2 fully saturated rings. The Morgan fingerprint density at radius 1 is 1.21 bits per heavy atom. The third-order valence-corrected chi connectivity index (χ3v) is 6.14. The molecule has 3 amide bonds. The lowest BCUT2D eigenvalue weighted by molar-refractivity contribution is -0.174. The molecule has 1 saturated heterocycles. The van der Waals surface area contributed by atoms with Crippen LogP contribution in [0.2, 0.25) is 0 Å². The van der Waals surface area contributed by atoms with Crippen molar-refractivity contribution in [3.05, 3.63) is 35.9 Å². The Hall–Kier alpha value is -2.17. The van der Waals surface area contributed by atoms with Crippen molar-refractivity contribution in [1.82, 2.24) is 10.4 Å². The van der Waals surface area contributed by atoms with Crippen molar-refractivity contribution >= 4 is 17.7 Å². The highest BCUT2D eigenvalue weighted by molar-refractivity contribution is 6.04. The predicted octanol–water partition coefficient (Wildman–Crippen LogP) is 2.46. The molecular weight excluding hydrogens is 304 g/mol. The van der Waals surface area contributed by atoms with Crippen LogP contribution >= 0.6 is 0 Å². The van der Waals surface area contributed by atoms with E-state index in [0.29, 0.717) is 19.3 Å². The third kappa shape index (κ3) is 2.43. The van der Waals surface area contributed by atoms with Crippen molar-refractivity contribution < 1.29 is 14.4 Å². The molecular formula is C19H24N2O3. The van der Waals surface area contributed by atoms with Crippen LogP contribution in [0.5, 0.6) is 0 Å². The first-order chi connectivity index (χ1) is 11.3. The molecule has 0 radical (unpaired) electrons. The van der Waals surface area contributed by atoms with E-state index >= 15 is 0 Å². The van der Waals surface area contributed by atoms with Crippen molar-refractivity contribution in [3.8, 4) is 0 Å². The summed E-state index contributed by atoms with van der Waals surface area (Å²) in [4.78, 5) is 37.7. The lowest BCUT2D eigenvalue weighted by atomic mass is 9.63. The maximum absolute atomic E-state index is 12.8. The Bertz CT molecular complexity index is 683. The maximum atomic E-state index is 12.8. The molecule has 1 saturated carbocycles. The molecule has 2 atom stereocenters. The zero-order valence-electron chi connectivity index (χ0n) is 14.5. The van der Waals surface area contributed by atoms with Gasteiger partial charge in [-0.3, -0.25) is 19.8 Å². The summed E-state index contributed by atoms with van der Waals surface area (Å²) in [6.07, 6.45) is 2.21. The molecule has 3 rings (SSSR count). The number of hydrogen-bond donors (Lipinski definition) is 1. The number of fused-ring (bicyclic) bond motifs is 2. The third-order valence-electron chi connectivity index (χ3n) is 6.14. The highest BCUT2D eigenvalue weighted by Crippen LogP contribution is 2.59. The summed E-state index contributed by atoms with van der Waals surface area (Å²) in [5, 5.41) is 0.982. The minimum absolute atomic E-state index is 0.213. The minimum Gasteiger partial charge on any atom is -0.273 e. The van der Waals surface area contributed by atoms with E-state index in [4.69, 9.17) is 0 Å². The summed E-state index contributed by atoms with van der Waals surface area (Å²) in [5.41, 5.74) is 2.63. The molecule has 2 bridgehead atoms. The van der Waals surface area contributed by atoms with Crippen LogP contribution in [0.4, 0.5) is 0 Å². The van der Waals surface area contributed by atoms with Crippen LogP contribution in [-0.4, -0.2) is 22.7 Å². The standard InChI is InChI=1S/C19H24N2O3/c1-18(2)14-11-12-19(18,3)17(24)21(16(14)23)20-15(22)10-9-13-7-5-4-6-8-13/h4-8,14H,9-12H2,1-3H3,(H,20,22)/t14-,19+/m1/s1. The van der Waals surface area contributed by atoms with Crippen molar-refractivity contribution in [3.63, 3.8) is 0 Å². The molecule has 1 aromatic carbocycles.